The molecule has 1 aliphatic heterocycles. The van der Waals surface area contributed by atoms with Gasteiger partial charge in [-0.15, -0.1) is 14.3 Å². The van der Waals surface area contributed by atoms with Gasteiger partial charge in [-0.1, -0.05) is 36.4 Å². The molecule has 2 unspecified atom stereocenters. The fourth-order valence-corrected chi connectivity index (χ4v) is 5.33. The highest BCUT2D eigenvalue weighted by Crippen LogP contribution is 2.31. The number of aromatic nitrogens is 4. The standard InChI is InChI=1S/C31H36N5O3P/c1-20-11-12-22(39-16-8-7-15-31(2,3)38)17-23(20)24-18-27(32-19-26(24)40)33-30(37)29-34-28-14-13-25(36(28)35-29)21-9-5-4-6-10-21/h4-6,9-12,17-19,25,38H,7-8,13-16,40H2,1-3H3,(H,32,33,37). The van der Waals surface area contributed by atoms with E-state index in [-0.39, 0.29) is 17.8 Å². The maximum atomic E-state index is 13.1. The van der Waals surface area contributed by atoms with Crippen molar-refractivity contribution in [2.45, 2.75) is 64.5 Å². The third-order valence-corrected chi connectivity index (χ3v) is 7.61. The van der Waals surface area contributed by atoms with Crippen LogP contribution in [0.3, 0.4) is 0 Å². The number of carbonyl (C=O) groups is 1. The van der Waals surface area contributed by atoms with Gasteiger partial charge in [-0.2, -0.15) is 0 Å². The number of aryl methyl sites for hydroxylation is 2. The summed E-state index contributed by atoms with van der Waals surface area (Å²) in [5.41, 5.74) is 3.53. The Morgan fingerprint density at radius 3 is 2.73 bits per heavy atom. The molecule has 0 fully saturated rings. The molecule has 0 saturated heterocycles. The number of aliphatic hydroxyl groups is 1. The van der Waals surface area contributed by atoms with Crippen LogP contribution >= 0.6 is 9.24 Å². The molecule has 4 aromatic rings. The van der Waals surface area contributed by atoms with Crippen LogP contribution in [0.1, 0.15) is 73.1 Å². The van der Waals surface area contributed by atoms with Crippen molar-refractivity contribution < 1.29 is 14.6 Å². The zero-order valence-corrected chi connectivity index (χ0v) is 24.4. The van der Waals surface area contributed by atoms with Crippen molar-refractivity contribution in [3.63, 3.8) is 0 Å². The molecule has 8 nitrogen and oxygen atoms in total. The average molecular weight is 558 g/mol. The predicted molar refractivity (Wildman–Crippen MR) is 160 cm³/mol. The number of hydrogen-bond donors (Lipinski definition) is 2. The molecule has 2 aromatic carbocycles. The Labute approximate surface area is 237 Å². The molecule has 0 radical (unpaired) electrons. The topological polar surface area (TPSA) is 102 Å². The minimum atomic E-state index is -0.654. The number of fused-ring (bicyclic) bond motifs is 1. The van der Waals surface area contributed by atoms with Crippen LogP contribution in [0.25, 0.3) is 11.1 Å². The van der Waals surface area contributed by atoms with Crippen LogP contribution < -0.4 is 15.4 Å². The Morgan fingerprint density at radius 1 is 1.15 bits per heavy atom. The molecule has 5 rings (SSSR count). The molecule has 3 heterocycles. The minimum Gasteiger partial charge on any atom is -0.494 e. The van der Waals surface area contributed by atoms with Gasteiger partial charge in [0.1, 0.15) is 17.4 Å². The number of benzene rings is 2. The van der Waals surface area contributed by atoms with Gasteiger partial charge in [-0.05, 0) is 92.2 Å². The number of ether oxygens (including phenoxy) is 1. The quantitative estimate of drug-likeness (QED) is 0.204. The number of amides is 1. The second-order valence-corrected chi connectivity index (χ2v) is 11.6. The first-order chi connectivity index (χ1) is 19.2. The summed E-state index contributed by atoms with van der Waals surface area (Å²) < 4.78 is 7.88. The fraction of sp³-hybridized carbons (Fsp3) is 0.355. The number of anilines is 1. The highest BCUT2D eigenvalue weighted by molar-refractivity contribution is 7.27. The molecule has 0 aliphatic carbocycles. The van der Waals surface area contributed by atoms with E-state index < -0.39 is 5.60 Å². The first-order valence-corrected chi connectivity index (χ1v) is 14.3. The lowest BCUT2D eigenvalue weighted by atomic mass is 10.0. The van der Waals surface area contributed by atoms with E-state index in [1.165, 1.54) is 0 Å². The molecular formula is C31H36N5O3P. The van der Waals surface area contributed by atoms with Crippen LogP contribution in [-0.4, -0.2) is 43.0 Å². The average Bonchev–Trinajstić information content (AvgIpc) is 3.52. The number of nitrogens with one attached hydrogen (secondary N) is 1. The number of hydrogen-bond acceptors (Lipinski definition) is 6. The molecule has 1 aliphatic rings. The van der Waals surface area contributed by atoms with Gasteiger partial charge in [0.15, 0.2) is 0 Å². The van der Waals surface area contributed by atoms with Crippen LogP contribution in [0.15, 0.2) is 60.8 Å². The van der Waals surface area contributed by atoms with Crippen LogP contribution in [0.4, 0.5) is 5.82 Å². The van der Waals surface area contributed by atoms with E-state index in [0.717, 1.165) is 71.2 Å². The molecular weight excluding hydrogens is 521 g/mol. The Bertz CT molecular complexity index is 1500. The Morgan fingerprint density at radius 2 is 1.95 bits per heavy atom. The lowest BCUT2D eigenvalue weighted by Crippen LogP contribution is -2.18. The highest BCUT2D eigenvalue weighted by atomic mass is 31.0. The summed E-state index contributed by atoms with van der Waals surface area (Å²) in [6, 6.07) is 18.2. The first-order valence-electron chi connectivity index (χ1n) is 13.7. The molecule has 40 heavy (non-hydrogen) atoms. The lowest BCUT2D eigenvalue weighted by Gasteiger charge is -2.17. The summed E-state index contributed by atoms with van der Waals surface area (Å²) in [6.07, 6.45) is 5.93. The number of pyridine rings is 1. The maximum Gasteiger partial charge on any atom is 0.296 e. The summed E-state index contributed by atoms with van der Waals surface area (Å²) in [5.74, 6) is 1.78. The van der Waals surface area contributed by atoms with Crippen molar-refractivity contribution >= 4 is 26.3 Å². The molecule has 1 amide bonds. The molecule has 2 N–H and O–H groups in total. The summed E-state index contributed by atoms with van der Waals surface area (Å²) in [5, 5.41) is 18.2. The Kier molecular flexibility index (Phi) is 8.29. The number of carbonyl (C=O) groups excluding carboxylic acids is 1. The maximum absolute atomic E-state index is 13.1. The van der Waals surface area contributed by atoms with Crippen molar-refractivity contribution in [1.82, 2.24) is 19.7 Å². The smallest absolute Gasteiger partial charge is 0.296 e. The molecule has 2 atom stereocenters. The zero-order valence-electron chi connectivity index (χ0n) is 23.2. The molecule has 0 bridgehead atoms. The molecule has 9 heteroatoms. The summed E-state index contributed by atoms with van der Waals surface area (Å²) in [7, 11) is 2.72. The largest absolute Gasteiger partial charge is 0.494 e. The van der Waals surface area contributed by atoms with E-state index in [9.17, 15) is 9.90 Å². The molecule has 208 valence electrons. The monoisotopic (exact) mass is 557 g/mol. The van der Waals surface area contributed by atoms with E-state index in [2.05, 4.69) is 41.8 Å². The van der Waals surface area contributed by atoms with Crippen molar-refractivity contribution in [2.75, 3.05) is 11.9 Å². The number of unbranched alkanes of at least 4 members (excludes halogenated alkanes) is 1. The van der Waals surface area contributed by atoms with Crippen molar-refractivity contribution in [1.29, 1.82) is 0 Å². The van der Waals surface area contributed by atoms with Gasteiger partial charge in [0, 0.05) is 12.6 Å². The van der Waals surface area contributed by atoms with Gasteiger partial charge < -0.3 is 15.2 Å². The summed E-state index contributed by atoms with van der Waals surface area (Å²) in [4.78, 5) is 22.1. The number of rotatable bonds is 10. The van der Waals surface area contributed by atoms with Gasteiger partial charge in [0.2, 0.25) is 5.82 Å². The third-order valence-electron chi connectivity index (χ3n) is 7.15. The zero-order chi connectivity index (χ0) is 28.3. The number of nitrogens with zero attached hydrogens (tertiary/aromatic N) is 4. The first kappa shape index (κ1) is 27.9. The van der Waals surface area contributed by atoms with Crippen LogP contribution in [0.5, 0.6) is 5.75 Å². The van der Waals surface area contributed by atoms with Gasteiger partial charge in [-0.25, -0.2) is 14.6 Å². The Balaban J connectivity index is 1.29. The van der Waals surface area contributed by atoms with Crippen LogP contribution in [0.2, 0.25) is 0 Å². The third kappa shape index (κ3) is 6.57. The van der Waals surface area contributed by atoms with E-state index in [1.54, 1.807) is 6.20 Å². The van der Waals surface area contributed by atoms with Crippen LogP contribution in [-0.2, 0) is 6.42 Å². The SMILES string of the molecule is Cc1ccc(OCCCCC(C)(C)O)cc1-c1cc(NC(=O)c2nc3n(n2)C(c2ccccc2)CC3)ncc1P. The fourth-order valence-electron chi connectivity index (χ4n) is 5.01. The Hall–Kier alpha value is -3.61. The second kappa shape index (κ2) is 11.9. The predicted octanol–water partition coefficient (Wildman–Crippen LogP) is 5.26. The molecule has 0 saturated carbocycles. The minimum absolute atomic E-state index is 0.0883. The normalized spacial score (nSPS) is 14.7. The van der Waals surface area contributed by atoms with Crippen molar-refractivity contribution in [3.05, 3.63) is 83.6 Å². The van der Waals surface area contributed by atoms with Crippen molar-refractivity contribution in [2.24, 2.45) is 0 Å². The van der Waals surface area contributed by atoms with Gasteiger partial charge in [0.05, 0.1) is 18.2 Å². The summed E-state index contributed by atoms with van der Waals surface area (Å²) in [6.45, 7) is 6.28. The second-order valence-electron chi connectivity index (χ2n) is 11.0. The lowest BCUT2D eigenvalue weighted by molar-refractivity contribution is 0.0670. The van der Waals surface area contributed by atoms with E-state index in [0.29, 0.717) is 12.4 Å². The van der Waals surface area contributed by atoms with Crippen LogP contribution in [0, 0.1) is 6.92 Å². The molecule has 0 spiro atoms. The van der Waals surface area contributed by atoms with E-state index >= 15 is 0 Å². The van der Waals surface area contributed by atoms with E-state index in [4.69, 9.17) is 4.74 Å². The van der Waals surface area contributed by atoms with Gasteiger partial charge >= 0.3 is 0 Å². The highest BCUT2D eigenvalue weighted by Gasteiger charge is 2.28. The van der Waals surface area contributed by atoms with Gasteiger partial charge in [0.25, 0.3) is 5.91 Å². The van der Waals surface area contributed by atoms with Gasteiger partial charge in [-0.3, -0.25) is 4.79 Å². The summed E-state index contributed by atoms with van der Waals surface area (Å²) >= 11 is 0. The molecule has 2 aromatic heterocycles. The van der Waals surface area contributed by atoms with E-state index in [1.807, 2.05) is 67.9 Å². The van der Waals surface area contributed by atoms with Crippen molar-refractivity contribution in [3.8, 4) is 16.9 Å².